The van der Waals surface area contributed by atoms with Crippen LogP contribution in [0.4, 0.5) is 5.95 Å². The number of nitrogens with one attached hydrogen (secondary N) is 2. The minimum absolute atomic E-state index is 0.246. The average molecular weight is 269 g/mol. The van der Waals surface area contributed by atoms with Gasteiger partial charge in [0.25, 0.3) is 5.91 Å². The van der Waals surface area contributed by atoms with Crippen molar-refractivity contribution in [3.8, 4) is 0 Å². The van der Waals surface area contributed by atoms with E-state index in [0.29, 0.717) is 11.6 Å². The maximum absolute atomic E-state index is 12.1. The Hall–Kier alpha value is -2.63. The van der Waals surface area contributed by atoms with Gasteiger partial charge in [-0.3, -0.25) is 15.2 Å². The molecule has 0 unspecified atom stereocenters. The highest BCUT2D eigenvalue weighted by Gasteiger charge is 2.14. The fraction of sp³-hybridized carbons (Fsp3) is 0.214. The van der Waals surface area contributed by atoms with Crippen LogP contribution < -0.4 is 5.32 Å². The summed E-state index contributed by atoms with van der Waals surface area (Å²) in [5, 5.41) is 9.22. The van der Waals surface area contributed by atoms with Crippen molar-refractivity contribution in [2.45, 2.75) is 20.4 Å². The second-order valence-electron chi connectivity index (χ2n) is 4.60. The van der Waals surface area contributed by atoms with Crippen molar-refractivity contribution < 1.29 is 4.79 Å². The molecule has 6 heteroatoms. The van der Waals surface area contributed by atoms with E-state index in [9.17, 15) is 4.79 Å². The Bertz CT molecular complexity index is 757. The first kappa shape index (κ1) is 12.4. The van der Waals surface area contributed by atoms with E-state index in [2.05, 4.69) is 20.5 Å². The normalized spacial score (nSPS) is 10.9. The van der Waals surface area contributed by atoms with Crippen molar-refractivity contribution in [2.24, 2.45) is 0 Å². The van der Waals surface area contributed by atoms with Crippen LogP contribution in [-0.4, -0.2) is 25.7 Å². The molecule has 0 saturated carbocycles. The van der Waals surface area contributed by atoms with Gasteiger partial charge in [-0.1, -0.05) is 6.07 Å². The SMILES string of the molecule is CCn1c(NC(=O)c2ccn[nH]2)nc2cc(C)ccc21. The number of H-pyrrole nitrogens is 1. The third-order valence-electron chi connectivity index (χ3n) is 3.19. The predicted octanol–water partition coefficient (Wildman–Crippen LogP) is 2.34. The number of amides is 1. The zero-order valence-corrected chi connectivity index (χ0v) is 11.3. The summed E-state index contributed by atoms with van der Waals surface area (Å²) in [6, 6.07) is 7.69. The first-order valence-electron chi connectivity index (χ1n) is 6.46. The van der Waals surface area contributed by atoms with Crippen LogP contribution in [0, 0.1) is 6.92 Å². The van der Waals surface area contributed by atoms with Gasteiger partial charge in [-0.2, -0.15) is 5.10 Å². The molecule has 0 aliphatic heterocycles. The Kier molecular flexibility index (Phi) is 2.98. The quantitative estimate of drug-likeness (QED) is 0.766. The van der Waals surface area contributed by atoms with Gasteiger partial charge in [0.1, 0.15) is 5.69 Å². The van der Waals surface area contributed by atoms with Crippen LogP contribution in [0.2, 0.25) is 0 Å². The van der Waals surface area contributed by atoms with Gasteiger partial charge in [0.2, 0.25) is 5.95 Å². The van der Waals surface area contributed by atoms with Crippen LogP contribution >= 0.6 is 0 Å². The van der Waals surface area contributed by atoms with Crippen LogP contribution in [0.1, 0.15) is 23.0 Å². The number of fused-ring (bicyclic) bond motifs is 1. The van der Waals surface area contributed by atoms with Crippen LogP contribution in [0.25, 0.3) is 11.0 Å². The molecule has 0 bridgehead atoms. The number of aromatic nitrogens is 4. The molecule has 6 nitrogen and oxygen atoms in total. The van der Waals surface area contributed by atoms with E-state index < -0.39 is 0 Å². The Morgan fingerprint density at radius 2 is 2.25 bits per heavy atom. The summed E-state index contributed by atoms with van der Waals surface area (Å²) in [6.45, 7) is 4.78. The number of carbonyl (C=O) groups is 1. The van der Waals surface area contributed by atoms with Crippen molar-refractivity contribution in [1.82, 2.24) is 19.7 Å². The van der Waals surface area contributed by atoms with Gasteiger partial charge in [0.05, 0.1) is 11.0 Å². The fourth-order valence-corrected chi connectivity index (χ4v) is 2.21. The number of hydrogen-bond acceptors (Lipinski definition) is 3. The average Bonchev–Trinajstić information content (AvgIpc) is 3.04. The van der Waals surface area contributed by atoms with Crippen molar-refractivity contribution in [3.63, 3.8) is 0 Å². The highest BCUT2D eigenvalue weighted by Crippen LogP contribution is 2.21. The lowest BCUT2D eigenvalue weighted by Crippen LogP contribution is -2.16. The molecule has 0 spiro atoms. The topological polar surface area (TPSA) is 75.6 Å². The molecule has 3 aromatic rings. The smallest absolute Gasteiger partial charge is 0.275 e. The van der Waals surface area contributed by atoms with Gasteiger partial charge >= 0.3 is 0 Å². The standard InChI is InChI=1S/C14H15N5O/c1-3-19-12-5-4-9(2)8-11(12)16-14(19)17-13(20)10-6-7-15-18-10/h4-8H,3H2,1-2H3,(H,15,18)(H,16,17,20). The summed E-state index contributed by atoms with van der Waals surface area (Å²) in [5.74, 6) is 0.303. The number of nitrogens with zero attached hydrogens (tertiary/aromatic N) is 3. The summed E-state index contributed by atoms with van der Waals surface area (Å²) in [6.07, 6.45) is 1.54. The summed E-state index contributed by atoms with van der Waals surface area (Å²) in [7, 11) is 0. The lowest BCUT2D eigenvalue weighted by atomic mass is 10.2. The number of imidazole rings is 1. The second kappa shape index (κ2) is 4.80. The number of carbonyl (C=O) groups excluding carboxylic acids is 1. The molecular weight excluding hydrogens is 254 g/mol. The molecular formula is C14H15N5O. The first-order chi connectivity index (χ1) is 9.69. The highest BCUT2D eigenvalue weighted by molar-refractivity contribution is 6.02. The molecule has 0 radical (unpaired) electrons. The van der Waals surface area contributed by atoms with Crippen LogP contribution in [0.3, 0.4) is 0 Å². The molecule has 1 aromatic carbocycles. The number of aromatic amines is 1. The molecule has 2 heterocycles. The van der Waals surface area contributed by atoms with Crippen molar-refractivity contribution in [2.75, 3.05) is 5.32 Å². The molecule has 2 aromatic heterocycles. The molecule has 20 heavy (non-hydrogen) atoms. The monoisotopic (exact) mass is 269 g/mol. The molecule has 1 amide bonds. The van der Waals surface area contributed by atoms with Crippen LogP contribution in [-0.2, 0) is 6.54 Å². The molecule has 0 aliphatic carbocycles. The Morgan fingerprint density at radius 1 is 1.40 bits per heavy atom. The minimum atomic E-state index is -0.246. The van der Waals surface area contributed by atoms with E-state index >= 15 is 0 Å². The first-order valence-corrected chi connectivity index (χ1v) is 6.46. The van der Waals surface area contributed by atoms with E-state index in [1.807, 2.05) is 36.6 Å². The lowest BCUT2D eigenvalue weighted by Gasteiger charge is -2.06. The number of rotatable bonds is 3. The Morgan fingerprint density at radius 3 is 2.95 bits per heavy atom. The number of benzene rings is 1. The summed E-state index contributed by atoms with van der Waals surface area (Å²) < 4.78 is 1.98. The van der Waals surface area contributed by atoms with E-state index in [1.165, 1.54) is 0 Å². The number of anilines is 1. The van der Waals surface area contributed by atoms with E-state index in [0.717, 1.165) is 23.1 Å². The van der Waals surface area contributed by atoms with Crippen molar-refractivity contribution >= 4 is 22.9 Å². The molecule has 0 fully saturated rings. The molecule has 3 rings (SSSR count). The lowest BCUT2D eigenvalue weighted by molar-refractivity contribution is 0.102. The molecule has 0 aliphatic rings. The second-order valence-corrected chi connectivity index (χ2v) is 4.60. The highest BCUT2D eigenvalue weighted by atomic mass is 16.2. The fourth-order valence-electron chi connectivity index (χ4n) is 2.21. The zero-order chi connectivity index (χ0) is 14.1. The summed E-state index contributed by atoms with van der Waals surface area (Å²) >= 11 is 0. The summed E-state index contributed by atoms with van der Waals surface area (Å²) in [4.78, 5) is 16.5. The van der Waals surface area contributed by atoms with E-state index in [4.69, 9.17) is 0 Å². The van der Waals surface area contributed by atoms with Gasteiger partial charge in [-0.05, 0) is 37.6 Å². The van der Waals surface area contributed by atoms with Gasteiger partial charge in [0, 0.05) is 12.7 Å². The van der Waals surface area contributed by atoms with Gasteiger partial charge in [-0.25, -0.2) is 4.98 Å². The Balaban J connectivity index is 2.00. The van der Waals surface area contributed by atoms with E-state index in [-0.39, 0.29) is 5.91 Å². The predicted molar refractivity (Wildman–Crippen MR) is 76.7 cm³/mol. The van der Waals surface area contributed by atoms with Crippen LogP contribution in [0.5, 0.6) is 0 Å². The van der Waals surface area contributed by atoms with Crippen molar-refractivity contribution in [1.29, 1.82) is 0 Å². The maximum Gasteiger partial charge on any atom is 0.275 e. The van der Waals surface area contributed by atoms with Gasteiger partial charge < -0.3 is 4.57 Å². The van der Waals surface area contributed by atoms with Gasteiger partial charge in [0.15, 0.2) is 0 Å². The summed E-state index contributed by atoms with van der Waals surface area (Å²) in [5.41, 5.74) is 3.45. The third kappa shape index (κ3) is 2.05. The minimum Gasteiger partial charge on any atom is -0.310 e. The number of aryl methyl sites for hydroxylation is 2. The molecule has 102 valence electrons. The van der Waals surface area contributed by atoms with Gasteiger partial charge in [-0.15, -0.1) is 0 Å². The molecule has 0 saturated heterocycles. The molecule has 2 N–H and O–H groups in total. The third-order valence-corrected chi connectivity index (χ3v) is 3.19. The maximum atomic E-state index is 12.1. The Labute approximate surface area is 115 Å². The largest absolute Gasteiger partial charge is 0.310 e. The molecule has 0 atom stereocenters. The number of hydrogen-bond donors (Lipinski definition) is 2. The van der Waals surface area contributed by atoms with Crippen molar-refractivity contribution in [3.05, 3.63) is 41.7 Å². The van der Waals surface area contributed by atoms with Crippen LogP contribution in [0.15, 0.2) is 30.5 Å². The zero-order valence-electron chi connectivity index (χ0n) is 11.3. The van der Waals surface area contributed by atoms with E-state index in [1.54, 1.807) is 12.3 Å².